The molecule has 2 aliphatic heterocycles. The highest BCUT2D eigenvalue weighted by molar-refractivity contribution is 6.07. The van der Waals surface area contributed by atoms with E-state index in [1.54, 1.807) is 31.2 Å². The van der Waals surface area contributed by atoms with Crippen molar-refractivity contribution in [1.29, 1.82) is 0 Å². The monoisotopic (exact) mass is 330 g/mol. The Kier molecular flexibility index (Phi) is 4.04. The van der Waals surface area contributed by atoms with Gasteiger partial charge in [-0.1, -0.05) is 12.1 Å². The summed E-state index contributed by atoms with van der Waals surface area (Å²) in [6.45, 7) is 7.09. The van der Waals surface area contributed by atoms with Crippen LogP contribution in [0.2, 0.25) is 0 Å². The molecule has 4 amide bonds. The number of amides is 4. The number of piperazine rings is 1. The van der Waals surface area contributed by atoms with Gasteiger partial charge in [-0.2, -0.15) is 0 Å². The Hall–Kier alpha value is -2.41. The molecule has 0 bridgehead atoms. The second-order valence-electron chi connectivity index (χ2n) is 6.79. The fourth-order valence-corrected chi connectivity index (χ4v) is 3.37. The van der Waals surface area contributed by atoms with Gasteiger partial charge in [0.1, 0.15) is 5.54 Å². The third-order valence-corrected chi connectivity index (χ3v) is 4.60. The molecule has 3 atom stereocenters. The second-order valence-corrected chi connectivity index (χ2v) is 6.79. The lowest BCUT2D eigenvalue weighted by molar-refractivity contribution is -0.123. The van der Waals surface area contributed by atoms with E-state index in [4.69, 9.17) is 0 Å². The number of benzene rings is 1. The number of hydrogen-bond donors (Lipinski definition) is 3. The predicted octanol–water partition coefficient (Wildman–Crippen LogP) is 0.564. The first-order valence-electron chi connectivity index (χ1n) is 8.09. The molecule has 0 aliphatic carbocycles. The third kappa shape index (κ3) is 2.87. The normalized spacial score (nSPS) is 30.0. The molecule has 7 heteroatoms. The highest BCUT2D eigenvalue weighted by Gasteiger charge is 2.43. The van der Waals surface area contributed by atoms with Crippen molar-refractivity contribution in [1.82, 2.24) is 20.9 Å². The number of urea groups is 1. The van der Waals surface area contributed by atoms with Crippen molar-refractivity contribution in [3.05, 3.63) is 35.4 Å². The van der Waals surface area contributed by atoms with Crippen molar-refractivity contribution in [2.45, 2.75) is 38.4 Å². The van der Waals surface area contributed by atoms with Crippen LogP contribution in [0.4, 0.5) is 4.79 Å². The van der Waals surface area contributed by atoms with E-state index in [9.17, 15) is 14.4 Å². The first kappa shape index (κ1) is 16.4. The van der Waals surface area contributed by atoms with E-state index in [-0.39, 0.29) is 18.0 Å². The number of rotatable bonds is 2. The summed E-state index contributed by atoms with van der Waals surface area (Å²) in [5.41, 5.74) is 0.120. The van der Waals surface area contributed by atoms with Crippen LogP contribution in [0.5, 0.6) is 0 Å². The quantitative estimate of drug-likeness (QED) is 0.691. The SMILES string of the molecule is C[C@@H]1CN(C(=O)c2ccc([C@]3(C)NC(=O)NC3=O)cc2)C[C@H](C)N1. The molecule has 0 spiro atoms. The van der Waals surface area contributed by atoms with Crippen LogP contribution >= 0.6 is 0 Å². The van der Waals surface area contributed by atoms with Crippen molar-refractivity contribution in [3.63, 3.8) is 0 Å². The van der Waals surface area contributed by atoms with E-state index >= 15 is 0 Å². The van der Waals surface area contributed by atoms with E-state index in [1.165, 1.54) is 0 Å². The first-order chi connectivity index (χ1) is 11.3. The zero-order valence-electron chi connectivity index (χ0n) is 14.1. The van der Waals surface area contributed by atoms with Gasteiger partial charge < -0.3 is 15.5 Å². The second kappa shape index (κ2) is 5.90. The average Bonchev–Trinajstić information content (AvgIpc) is 2.79. The van der Waals surface area contributed by atoms with Gasteiger partial charge in [-0.25, -0.2) is 4.79 Å². The lowest BCUT2D eigenvalue weighted by atomic mass is 9.91. The summed E-state index contributed by atoms with van der Waals surface area (Å²) >= 11 is 0. The number of nitrogens with one attached hydrogen (secondary N) is 3. The molecular formula is C17H22N4O3. The Balaban J connectivity index is 1.78. The van der Waals surface area contributed by atoms with Crippen LogP contribution < -0.4 is 16.0 Å². The van der Waals surface area contributed by atoms with Crippen LogP contribution in [0.15, 0.2) is 24.3 Å². The fraction of sp³-hybridized carbons (Fsp3) is 0.471. The topological polar surface area (TPSA) is 90.5 Å². The minimum atomic E-state index is -1.10. The number of carbonyl (C=O) groups excluding carboxylic acids is 3. The standard InChI is InChI=1S/C17H22N4O3/c1-10-8-21(9-11(2)18-10)14(22)12-4-6-13(7-5-12)17(3)15(23)19-16(24)20-17/h4-7,10-11,18H,8-9H2,1-3H3,(H2,19,20,23,24)/t10-,11+,17-/m0/s1. The molecule has 3 N–H and O–H groups in total. The van der Waals surface area contributed by atoms with Crippen LogP contribution in [-0.4, -0.2) is 47.9 Å². The van der Waals surface area contributed by atoms with Gasteiger partial charge in [0.15, 0.2) is 0 Å². The molecule has 0 aromatic heterocycles. The molecule has 24 heavy (non-hydrogen) atoms. The maximum absolute atomic E-state index is 12.7. The van der Waals surface area contributed by atoms with E-state index in [0.29, 0.717) is 24.2 Å². The molecule has 3 rings (SSSR count). The van der Waals surface area contributed by atoms with Gasteiger partial charge in [0, 0.05) is 30.7 Å². The van der Waals surface area contributed by atoms with Gasteiger partial charge in [0.2, 0.25) is 0 Å². The lowest BCUT2D eigenvalue weighted by Gasteiger charge is -2.36. The Morgan fingerprint density at radius 3 is 2.21 bits per heavy atom. The Labute approximate surface area is 140 Å². The van der Waals surface area contributed by atoms with Crippen LogP contribution in [-0.2, 0) is 10.3 Å². The number of imide groups is 1. The molecule has 7 nitrogen and oxygen atoms in total. The van der Waals surface area contributed by atoms with Crippen LogP contribution in [0.1, 0.15) is 36.7 Å². The van der Waals surface area contributed by atoms with E-state index in [2.05, 4.69) is 29.8 Å². The summed E-state index contributed by atoms with van der Waals surface area (Å²) in [6, 6.07) is 6.85. The molecule has 0 saturated carbocycles. The van der Waals surface area contributed by atoms with Gasteiger partial charge in [-0.15, -0.1) is 0 Å². The van der Waals surface area contributed by atoms with Crippen LogP contribution in [0.25, 0.3) is 0 Å². The summed E-state index contributed by atoms with van der Waals surface area (Å²) in [7, 11) is 0. The van der Waals surface area contributed by atoms with Gasteiger partial charge in [0.25, 0.3) is 11.8 Å². The van der Waals surface area contributed by atoms with E-state index in [1.807, 2.05) is 4.90 Å². The summed E-state index contributed by atoms with van der Waals surface area (Å²) in [6.07, 6.45) is 0. The lowest BCUT2D eigenvalue weighted by Crippen LogP contribution is -2.55. The summed E-state index contributed by atoms with van der Waals surface area (Å²) < 4.78 is 0. The van der Waals surface area contributed by atoms with Crippen molar-refractivity contribution < 1.29 is 14.4 Å². The maximum Gasteiger partial charge on any atom is 0.322 e. The number of carbonyl (C=O) groups is 3. The molecule has 0 unspecified atom stereocenters. The number of nitrogens with zero attached hydrogens (tertiary/aromatic N) is 1. The smallest absolute Gasteiger partial charge is 0.322 e. The molecule has 128 valence electrons. The molecule has 1 aromatic rings. The zero-order chi connectivity index (χ0) is 17.5. The Morgan fingerprint density at radius 2 is 1.71 bits per heavy atom. The van der Waals surface area contributed by atoms with Gasteiger partial charge in [-0.05, 0) is 38.5 Å². The summed E-state index contributed by atoms with van der Waals surface area (Å²) in [5.74, 6) is -0.414. The van der Waals surface area contributed by atoms with Crippen molar-refractivity contribution in [2.75, 3.05) is 13.1 Å². The molecule has 2 aliphatic rings. The van der Waals surface area contributed by atoms with Crippen molar-refractivity contribution in [3.8, 4) is 0 Å². The molecule has 2 saturated heterocycles. The van der Waals surface area contributed by atoms with E-state index < -0.39 is 17.5 Å². The summed E-state index contributed by atoms with van der Waals surface area (Å²) in [4.78, 5) is 37.9. The van der Waals surface area contributed by atoms with Gasteiger partial charge >= 0.3 is 6.03 Å². The van der Waals surface area contributed by atoms with Crippen LogP contribution in [0, 0.1) is 0 Å². The zero-order valence-corrected chi connectivity index (χ0v) is 14.1. The molecule has 1 aromatic carbocycles. The molecule has 0 radical (unpaired) electrons. The largest absolute Gasteiger partial charge is 0.336 e. The minimum Gasteiger partial charge on any atom is -0.336 e. The minimum absolute atomic E-state index is 0.0215. The molecule has 2 fully saturated rings. The highest BCUT2D eigenvalue weighted by atomic mass is 16.2. The van der Waals surface area contributed by atoms with Gasteiger partial charge in [-0.3, -0.25) is 14.9 Å². The highest BCUT2D eigenvalue weighted by Crippen LogP contribution is 2.25. The van der Waals surface area contributed by atoms with Crippen LogP contribution in [0.3, 0.4) is 0 Å². The van der Waals surface area contributed by atoms with Gasteiger partial charge in [0.05, 0.1) is 0 Å². The van der Waals surface area contributed by atoms with E-state index in [0.717, 1.165) is 0 Å². The maximum atomic E-state index is 12.7. The Bertz CT molecular complexity index is 678. The predicted molar refractivity (Wildman–Crippen MR) is 88.4 cm³/mol. The molecule has 2 heterocycles. The summed E-state index contributed by atoms with van der Waals surface area (Å²) in [5, 5.41) is 8.25. The Morgan fingerprint density at radius 1 is 1.12 bits per heavy atom. The van der Waals surface area contributed by atoms with Crippen molar-refractivity contribution >= 4 is 17.8 Å². The fourth-order valence-electron chi connectivity index (χ4n) is 3.37. The first-order valence-corrected chi connectivity index (χ1v) is 8.09. The van der Waals surface area contributed by atoms with Crippen molar-refractivity contribution in [2.24, 2.45) is 0 Å². The number of hydrogen-bond acceptors (Lipinski definition) is 4. The third-order valence-electron chi connectivity index (χ3n) is 4.60. The molecular weight excluding hydrogens is 308 g/mol. The average molecular weight is 330 g/mol.